The summed E-state index contributed by atoms with van der Waals surface area (Å²) in [5, 5.41) is 11.8. The van der Waals surface area contributed by atoms with Crippen LogP contribution < -0.4 is 4.74 Å². The van der Waals surface area contributed by atoms with Crippen molar-refractivity contribution in [2.75, 3.05) is 0 Å². The summed E-state index contributed by atoms with van der Waals surface area (Å²) in [6.07, 6.45) is 5.65. The maximum absolute atomic E-state index is 5.92. The van der Waals surface area contributed by atoms with Crippen LogP contribution in [-0.2, 0) is 13.7 Å². The van der Waals surface area contributed by atoms with Crippen molar-refractivity contribution in [2.45, 2.75) is 31.8 Å². The molecule has 2 aromatic heterocycles. The lowest BCUT2D eigenvalue weighted by Gasteiger charge is -2.34. The summed E-state index contributed by atoms with van der Waals surface area (Å²) in [5.74, 6) is 2.72. The van der Waals surface area contributed by atoms with Gasteiger partial charge in [0.25, 0.3) is 0 Å². The first kappa shape index (κ1) is 19.4. The maximum Gasteiger partial charge on any atom is 0.181 e. The van der Waals surface area contributed by atoms with E-state index in [4.69, 9.17) is 4.74 Å². The zero-order chi connectivity index (χ0) is 21.0. The van der Waals surface area contributed by atoms with Crippen LogP contribution in [0.5, 0.6) is 5.75 Å². The van der Waals surface area contributed by atoms with Crippen molar-refractivity contribution in [3.05, 3.63) is 89.7 Å². The second-order valence-corrected chi connectivity index (χ2v) is 8.10. The molecule has 1 aliphatic rings. The van der Waals surface area contributed by atoms with E-state index < -0.39 is 0 Å². The fraction of sp³-hybridized carbons (Fsp3) is 0.280. The first-order valence-electron chi connectivity index (χ1n) is 10.7. The fourth-order valence-corrected chi connectivity index (χ4v) is 4.24. The number of hydrogen-bond donors (Lipinski definition) is 0. The Kier molecular flexibility index (Phi) is 5.44. The second kappa shape index (κ2) is 8.68. The SMILES string of the molecule is Cn1nnnc1-c1ccc(C(c2ccc(OCc3ccccn3)cc2)C2CCC2)cc1. The summed E-state index contributed by atoms with van der Waals surface area (Å²) >= 11 is 0. The van der Waals surface area contributed by atoms with E-state index in [9.17, 15) is 0 Å². The van der Waals surface area contributed by atoms with Crippen LogP contribution in [0, 0.1) is 5.92 Å². The van der Waals surface area contributed by atoms with Crippen molar-refractivity contribution in [1.82, 2.24) is 25.2 Å². The van der Waals surface area contributed by atoms with E-state index in [1.807, 2.05) is 25.2 Å². The quantitative estimate of drug-likeness (QED) is 0.438. The lowest BCUT2D eigenvalue weighted by Crippen LogP contribution is -2.21. The molecule has 1 saturated carbocycles. The molecule has 0 saturated heterocycles. The number of pyridine rings is 1. The molecule has 1 unspecified atom stereocenters. The standard InChI is InChI=1S/C25H25N5O/c1-30-25(27-28-29-30)21-10-8-19(9-11-21)24(18-5-4-6-18)20-12-14-23(15-13-20)31-17-22-7-2-3-16-26-22/h2-3,7-16,18,24H,4-6,17H2,1H3. The average Bonchev–Trinajstić information content (AvgIpc) is 3.22. The molecule has 1 aliphatic carbocycles. The molecule has 156 valence electrons. The molecule has 2 aromatic carbocycles. The Bertz CT molecular complexity index is 1120. The van der Waals surface area contributed by atoms with Gasteiger partial charge in [-0.3, -0.25) is 4.98 Å². The van der Waals surface area contributed by atoms with Crippen LogP contribution in [0.15, 0.2) is 72.9 Å². The van der Waals surface area contributed by atoms with Crippen LogP contribution in [0.1, 0.15) is 42.0 Å². The molecule has 0 spiro atoms. The summed E-state index contributed by atoms with van der Waals surface area (Å²) in [6.45, 7) is 0.477. The van der Waals surface area contributed by atoms with Gasteiger partial charge in [0.2, 0.25) is 0 Å². The molecule has 4 aromatic rings. The number of ether oxygens (including phenoxy) is 1. The van der Waals surface area contributed by atoms with Crippen LogP contribution in [0.2, 0.25) is 0 Å². The van der Waals surface area contributed by atoms with E-state index in [1.54, 1.807) is 10.9 Å². The molecule has 0 bridgehead atoms. The number of aromatic nitrogens is 5. The zero-order valence-electron chi connectivity index (χ0n) is 17.6. The Balaban J connectivity index is 1.35. The predicted molar refractivity (Wildman–Crippen MR) is 118 cm³/mol. The molecular weight excluding hydrogens is 386 g/mol. The number of tetrazole rings is 1. The molecule has 1 fully saturated rings. The van der Waals surface area contributed by atoms with Crippen LogP contribution >= 0.6 is 0 Å². The van der Waals surface area contributed by atoms with E-state index in [2.05, 4.69) is 69.0 Å². The third kappa shape index (κ3) is 4.19. The molecule has 1 atom stereocenters. The molecule has 0 N–H and O–H groups in total. The Morgan fingerprint density at radius 3 is 2.29 bits per heavy atom. The van der Waals surface area contributed by atoms with Crippen LogP contribution in [0.4, 0.5) is 0 Å². The Morgan fingerprint density at radius 1 is 0.968 bits per heavy atom. The highest BCUT2D eigenvalue weighted by atomic mass is 16.5. The van der Waals surface area contributed by atoms with Gasteiger partial charge in [-0.25, -0.2) is 4.68 Å². The fourth-order valence-electron chi connectivity index (χ4n) is 4.24. The van der Waals surface area contributed by atoms with Crippen molar-refractivity contribution in [2.24, 2.45) is 13.0 Å². The second-order valence-electron chi connectivity index (χ2n) is 8.10. The first-order chi connectivity index (χ1) is 15.3. The summed E-state index contributed by atoms with van der Waals surface area (Å²) in [4.78, 5) is 4.31. The van der Waals surface area contributed by atoms with E-state index in [1.165, 1.54) is 30.4 Å². The molecule has 5 rings (SSSR count). The number of rotatable bonds is 7. The van der Waals surface area contributed by atoms with Crippen molar-refractivity contribution < 1.29 is 4.74 Å². The minimum absolute atomic E-state index is 0.394. The molecule has 6 heteroatoms. The first-order valence-corrected chi connectivity index (χ1v) is 10.7. The Labute approximate surface area is 181 Å². The number of benzene rings is 2. The Hall–Kier alpha value is -3.54. The van der Waals surface area contributed by atoms with Gasteiger partial charge in [0.1, 0.15) is 12.4 Å². The molecule has 6 nitrogen and oxygen atoms in total. The summed E-state index contributed by atoms with van der Waals surface area (Å²) < 4.78 is 7.61. The molecule has 0 amide bonds. The normalized spacial score (nSPS) is 14.7. The Morgan fingerprint density at radius 2 is 1.71 bits per heavy atom. The molecule has 0 radical (unpaired) electrons. The van der Waals surface area contributed by atoms with Crippen LogP contribution in [-0.4, -0.2) is 25.2 Å². The van der Waals surface area contributed by atoms with Gasteiger partial charge in [-0.1, -0.05) is 48.9 Å². The highest BCUT2D eigenvalue weighted by molar-refractivity contribution is 5.55. The minimum Gasteiger partial charge on any atom is -0.487 e. The van der Waals surface area contributed by atoms with E-state index in [-0.39, 0.29) is 0 Å². The maximum atomic E-state index is 5.92. The lowest BCUT2D eigenvalue weighted by atomic mass is 9.70. The van der Waals surface area contributed by atoms with Gasteiger partial charge < -0.3 is 4.74 Å². The van der Waals surface area contributed by atoms with Gasteiger partial charge in [0.15, 0.2) is 5.82 Å². The van der Waals surface area contributed by atoms with Crippen LogP contribution in [0.3, 0.4) is 0 Å². The van der Waals surface area contributed by atoms with Crippen molar-refractivity contribution in [1.29, 1.82) is 0 Å². The third-order valence-corrected chi connectivity index (χ3v) is 6.12. The van der Waals surface area contributed by atoms with E-state index in [0.29, 0.717) is 18.4 Å². The van der Waals surface area contributed by atoms with E-state index >= 15 is 0 Å². The number of nitrogens with zero attached hydrogens (tertiary/aromatic N) is 5. The highest BCUT2D eigenvalue weighted by Crippen LogP contribution is 2.43. The zero-order valence-corrected chi connectivity index (χ0v) is 17.6. The largest absolute Gasteiger partial charge is 0.487 e. The van der Waals surface area contributed by atoms with Gasteiger partial charge in [-0.05, 0) is 64.6 Å². The number of hydrogen-bond acceptors (Lipinski definition) is 5. The van der Waals surface area contributed by atoms with Crippen molar-refractivity contribution in [3.63, 3.8) is 0 Å². The average molecular weight is 412 g/mol. The van der Waals surface area contributed by atoms with Crippen LogP contribution in [0.25, 0.3) is 11.4 Å². The lowest BCUT2D eigenvalue weighted by molar-refractivity contribution is 0.283. The van der Waals surface area contributed by atoms with Gasteiger partial charge in [-0.15, -0.1) is 5.10 Å². The van der Waals surface area contributed by atoms with Gasteiger partial charge >= 0.3 is 0 Å². The minimum atomic E-state index is 0.394. The smallest absolute Gasteiger partial charge is 0.181 e. The summed E-state index contributed by atoms with van der Waals surface area (Å²) in [7, 11) is 1.86. The summed E-state index contributed by atoms with van der Waals surface area (Å²) in [5.41, 5.74) is 4.63. The van der Waals surface area contributed by atoms with Gasteiger partial charge in [0.05, 0.1) is 5.69 Å². The topological polar surface area (TPSA) is 65.7 Å². The van der Waals surface area contributed by atoms with Crippen molar-refractivity contribution >= 4 is 0 Å². The predicted octanol–water partition coefficient (Wildman–Crippen LogP) is 4.78. The van der Waals surface area contributed by atoms with Crippen molar-refractivity contribution in [3.8, 4) is 17.1 Å². The van der Waals surface area contributed by atoms with E-state index in [0.717, 1.165) is 22.8 Å². The molecular formula is C25H25N5O. The van der Waals surface area contributed by atoms with Gasteiger partial charge in [-0.2, -0.15) is 0 Å². The highest BCUT2D eigenvalue weighted by Gasteiger charge is 2.29. The molecule has 2 heterocycles. The number of aryl methyl sites for hydroxylation is 1. The molecule has 31 heavy (non-hydrogen) atoms. The third-order valence-electron chi connectivity index (χ3n) is 6.12. The monoisotopic (exact) mass is 411 g/mol. The summed E-state index contributed by atoms with van der Waals surface area (Å²) in [6, 6.07) is 23.1. The van der Waals surface area contributed by atoms with Gasteiger partial charge in [0, 0.05) is 24.7 Å². The molecule has 0 aliphatic heterocycles.